The fraction of sp³-hybridized carbons (Fsp3) is 0.125. The van der Waals surface area contributed by atoms with E-state index in [0.29, 0.717) is 5.58 Å². The molecule has 4 heteroatoms. The summed E-state index contributed by atoms with van der Waals surface area (Å²) in [6.45, 7) is 1.89. The molecule has 1 unspecified atom stereocenters. The van der Waals surface area contributed by atoms with Crippen LogP contribution in [0.4, 0.5) is 8.78 Å². The van der Waals surface area contributed by atoms with Gasteiger partial charge >= 0.3 is 0 Å². The largest absolute Gasteiger partial charge is 0.458 e. The van der Waals surface area contributed by atoms with Crippen molar-refractivity contribution in [2.45, 2.75) is 13.0 Å². The molecule has 1 N–H and O–H groups in total. The number of aliphatic hydroxyl groups is 1. The fourth-order valence-corrected chi connectivity index (χ4v) is 2.26. The number of rotatable bonds is 2. The topological polar surface area (TPSA) is 33.4 Å². The first-order valence-electron chi connectivity index (χ1n) is 6.18. The molecule has 3 rings (SSSR count). The van der Waals surface area contributed by atoms with Gasteiger partial charge in [-0.05, 0) is 36.2 Å². The lowest BCUT2D eigenvalue weighted by Crippen LogP contribution is -1.99. The molecule has 1 atom stereocenters. The predicted molar refractivity (Wildman–Crippen MR) is 71.4 cm³/mol. The number of hydrogen-bond donors (Lipinski definition) is 1. The zero-order valence-corrected chi connectivity index (χ0v) is 10.7. The molecular formula is C16H12F2O2. The van der Waals surface area contributed by atoms with Gasteiger partial charge in [0.15, 0.2) is 0 Å². The SMILES string of the molecule is Cc1cccc2cc(C(O)c3cc(F)cc(F)c3)oc12. The van der Waals surface area contributed by atoms with E-state index in [1.54, 1.807) is 6.07 Å². The molecule has 0 aliphatic carbocycles. The Bertz CT molecular complexity index is 757. The molecule has 1 heterocycles. The summed E-state index contributed by atoms with van der Waals surface area (Å²) in [5, 5.41) is 11.0. The maximum atomic E-state index is 13.2. The Kier molecular flexibility index (Phi) is 3.03. The van der Waals surface area contributed by atoms with Crippen LogP contribution in [0.5, 0.6) is 0 Å². The van der Waals surface area contributed by atoms with Crippen LogP contribution in [0.25, 0.3) is 11.0 Å². The molecule has 0 aliphatic rings. The zero-order chi connectivity index (χ0) is 14.3. The molecule has 20 heavy (non-hydrogen) atoms. The van der Waals surface area contributed by atoms with Crippen LogP contribution in [0.3, 0.4) is 0 Å². The van der Waals surface area contributed by atoms with Gasteiger partial charge < -0.3 is 9.52 Å². The Morgan fingerprint density at radius 3 is 2.40 bits per heavy atom. The molecule has 3 aromatic rings. The van der Waals surface area contributed by atoms with Gasteiger partial charge in [0, 0.05) is 11.5 Å². The lowest BCUT2D eigenvalue weighted by atomic mass is 10.1. The summed E-state index contributed by atoms with van der Waals surface area (Å²) in [6.07, 6.45) is -1.20. The van der Waals surface area contributed by atoms with Gasteiger partial charge in [-0.25, -0.2) is 8.78 Å². The lowest BCUT2D eigenvalue weighted by Gasteiger charge is -2.08. The molecule has 2 nitrogen and oxygen atoms in total. The second kappa shape index (κ2) is 4.72. The maximum Gasteiger partial charge on any atom is 0.138 e. The summed E-state index contributed by atoms with van der Waals surface area (Å²) in [4.78, 5) is 0. The van der Waals surface area contributed by atoms with Crippen LogP contribution in [0, 0.1) is 18.6 Å². The van der Waals surface area contributed by atoms with E-state index in [0.717, 1.165) is 29.1 Å². The van der Waals surface area contributed by atoms with E-state index >= 15 is 0 Å². The number of para-hydroxylation sites is 1. The van der Waals surface area contributed by atoms with Crippen molar-refractivity contribution in [2.75, 3.05) is 0 Å². The van der Waals surface area contributed by atoms with Crippen molar-refractivity contribution in [1.82, 2.24) is 0 Å². The molecule has 0 radical (unpaired) electrons. The molecule has 0 saturated carbocycles. The van der Waals surface area contributed by atoms with E-state index < -0.39 is 17.7 Å². The van der Waals surface area contributed by atoms with E-state index in [1.165, 1.54) is 0 Å². The van der Waals surface area contributed by atoms with E-state index in [1.807, 2.05) is 25.1 Å². The van der Waals surface area contributed by atoms with Crippen molar-refractivity contribution in [2.24, 2.45) is 0 Å². The van der Waals surface area contributed by atoms with Crippen molar-refractivity contribution in [3.05, 3.63) is 71.0 Å². The van der Waals surface area contributed by atoms with Gasteiger partial charge in [0.05, 0.1) is 0 Å². The monoisotopic (exact) mass is 274 g/mol. The average Bonchev–Trinajstić information content (AvgIpc) is 2.82. The summed E-state index contributed by atoms with van der Waals surface area (Å²) in [5.74, 6) is -1.20. The van der Waals surface area contributed by atoms with Crippen molar-refractivity contribution in [3.63, 3.8) is 0 Å². The van der Waals surface area contributed by atoms with Crippen molar-refractivity contribution in [3.8, 4) is 0 Å². The number of fused-ring (bicyclic) bond motifs is 1. The first-order valence-corrected chi connectivity index (χ1v) is 6.18. The standard InChI is InChI=1S/C16H12F2O2/c1-9-3-2-4-10-7-14(20-16(9)10)15(19)11-5-12(17)8-13(18)6-11/h2-8,15,19H,1H3. The molecular weight excluding hydrogens is 262 g/mol. The number of benzene rings is 2. The zero-order valence-electron chi connectivity index (χ0n) is 10.7. The Balaban J connectivity index is 2.07. The van der Waals surface area contributed by atoms with Gasteiger partial charge in [-0.2, -0.15) is 0 Å². The highest BCUT2D eigenvalue weighted by molar-refractivity contribution is 5.81. The molecule has 0 aliphatic heterocycles. The third-order valence-corrected chi connectivity index (χ3v) is 3.23. The molecule has 2 aromatic carbocycles. The average molecular weight is 274 g/mol. The fourth-order valence-electron chi connectivity index (χ4n) is 2.26. The smallest absolute Gasteiger partial charge is 0.138 e. The Morgan fingerprint density at radius 1 is 1.05 bits per heavy atom. The first kappa shape index (κ1) is 12.8. The minimum absolute atomic E-state index is 0.124. The summed E-state index contributed by atoms with van der Waals surface area (Å²) >= 11 is 0. The van der Waals surface area contributed by atoms with Crippen molar-refractivity contribution in [1.29, 1.82) is 0 Å². The molecule has 0 saturated heterocycles. The number of halogens is 2. The number of aryl methyl sites for hydroxylation is 1. The number of hydrogen-bond acceptors (Lipinski definition) is 2. The van der Waals surface area contributed by atoms with E-state index in [-0.39, 0.29) is 11.3 Å². The Hall–Kier alpha value is -2.20. The highest BCUT2D eigenvalue weighted by Crippen LogP contribution is 2.30. The number of furan rings is 1. The summed E-state index contributed by atoms with van der Waals surface area (Å²) < 4.78 is 32.0. The summed E-state index contributed by atoms with van der Waals surface area (Å²) in [6, 6.07) is 10.2. The Labute approximate surface area is 114 Å². The second-order valence-corrected chi connectivity index (χ2v) is 4.75. The van der Waals surface area contributed by atoms with Gasteiger partial charge in [0.1, 0.15) is 29.1 Å². The van der Waals surface area contributed by atoms with Crippen LogP contribution < -0.4 is 0 Å². The third-order valence-electron chi connectivity index (χ3n) is 3.23. The van der Waals surface area contributed by atoms with Crippen LogP contribution in [0.1, 0.15) is 23.0 Å². The van der Waals surface area contributed by atoms with Crippen molar-refractivity contribution < 1.29 is 18.3 Å². The predicted octanol–water partition coefficient (Wildman–Crippen LogP) is 4.10. The van der Waals surface area contributed by atoms with Gasteiger partial charge in [-0.3, -0.25) is 0 Å². The van der Waals surface area contributed by atoms with Gasteiger partial charge in [0.25, 0.3) is 0 Å². The van der Waals surface area contributed by atoms with Gasteiger partial charge in [-0.1, -0.05) is 18.2 Å². The Morgan fingerprint density at radius 2 is 1.75 bits per heavy atom. The van der Waals surface area contributed by atoms with Crippen LogP contribution in [0.2, 0.25) is 0 Å². The highest BCUT2D eigenvalue weighted by Gasteiger charge is 2.17. The maximum absolute atomic E-state index is 13.2. The van der Waals surface area contributed by atoms with Crippen LogP contribution >= 0.6 is 0 Å². The third kappa shape index (κ3) is 2.18. The molecule has 0 bridgehead atoms. The highest BCUT2D eigenvalue weighted by atomic mass is 19.1. The minimum Gasteiger partial charge on any atom is -0.458 e. The first-order chi connectivity index (χ1) is 9.54. The van der Waals surface area contributed by atoms with Gasteiger partial charge in [0.2, 0.25) is 0 Å². The van der Waals surface area contributed by atoms with E-state index in [4.69, 9.17) is 4.42 Å². The summed E-state index contributed by atoms with van der Waals surface area (Å²) in [7, 11) is 0. The van der Waals surface area contributed by atoms with Gasteiger partial charge in [-0.15, -0.1) is 0 Å². The molecule has 102 valence electrons. The van der Waals surface area contributed by atoms with E-state index in [2.05, 4.69) is 0 Å². The van der Waals surface area contributed by atoms with Crippen LogP contribution in [-0.2, 0) is 0 Å². The molecule has 0 fully saturated rings. The molecule has 0 amide bonds. The number of aliphatic hydroxyl groups excluding tert-OH is 1. The summed E-state index contributed by atoms with van der Waals surface area (Å²) in [5.41, 5.74) is 1.73. The lowest BCUT2D eigenvalue weighted by molar-refractivity contribution is 0.191. The molecule has 1 aromatic heterocycles. The van der Waals surface area contributed by atoms with Crippen LogP contribution in [0.15, 0.2) is 46.9 Å². The molecule has 0 spiro atoms. The van der Waals surface area contributed by atoms with Crippen LogP contribution in [-0.4, -0.2) is 5.11 Å². The minimum atomic E-state index is -1.20. The quantitative estimate of drug-likeness (QED) is 0.763. The normalized spacial score (nSPS) is 12.8. The van der Waals surface area contributed by atoms with E-state index in [9.17, 15) is 13.9 Å². The van der Waals surface area contributed by atoms with Crippen molar-refractivity contribution >= 4 is 11.0 Å². The second-order valence-electron chi connectivity index (χ2n) is 4.75.